The summed E-state index contributed by atoms with van der Waals surface area (Å²) in [6, 6.07) is 3.02. The van der Waals surface area contributed by atoms with Gasteiger partial charge in [-0.25, -0.2) is 8.42 Å². The Labute approximate surface area is 128 Å². The Hall–Kier alpha value is -1.80. The van der Waals surface area contributed by atoms with E-state index < -0.39 is 21.7 Å². The van der Waals surface area contributed by atoms with Crippen LogP contribution in [-0.2, 0) is 14.6 Å². The van der Waals surface area contributed by atoms with E-state index >= 15 is 0 Å². The van der Waals surface area contributed by atoms with Gasteiger partial charge >= 0.3 is 5.97 Å². The summed E-state index contributed by atoms with van der Waals surface area (Å²) < 4.78 is 35.4. The van der Waals surface area contributed by atoms with E-state index in [1.54, 1.807) is 12.1 Å². The van der Waals surface area contributed by atoms with E-state index in [4.69, 9.17) is 14.6 Å². The molecule has 0 saturated carbocycles. The van der Waals surface area contributed by atoms with Crippen LogP contribution in [-0.4, -0.2) is 45.5 Å². The third-order valence-corrected chi connectivity index (χ3v) is 5.08. The first-order chi connectivity index (χ1) is 10.4. The normalized spacial score (nSPS) is 24.2. The van der Waals surface area contributed by atoms with Crippen LogP contribution in [0.15, 0.2) is 17.0 Å². The Kier molecular flexibility index (Phi) is 3.73. The summed E-state index contributed by atoms with van der Waals surface area (Å²) in [6.07, 6.45) is 1.46. The molecule has 3 rings (SSSR count). The number of fused-ring (bicyclic) bond motifs is 1. The van der Waals surface area contributed by atoms with Crippen molar-refractivity contribution < 1.29 is 27.8 Å². The zero-order valence-corrected chi connectivity index (χ0v) is 12.9. The lowest BCUT2D eigenvalue weighted by molar-refractivity contribution is -0.141. The molecule has 2 unspecified atom stereocenters. The summed E-state index contributed by atoms with van der Waals surface area (Å²) in [5.74, 6) is -0.769. The van der Waals surface area contributed by atoms with Gasteiger partial charge in [0.05, 0.1) is 5.92 Å². The van der Waals surface area contributed by atoms with Crippen molar-refractivity contribution in [1.82, 2.24) is 5.32 Å². The second-order valence-corrected chi connectivity index (χ2v) is 7.46. The molecule has 0 radical (unpaired) electrons. The van der Waals surface area contributed by atoms with E-state index in [-0.39, 0.29) is 23.3 Å². The topological polar surface area (TPSA) is 102 Å². The predicted octanol–water partition coefficient (Wildman–Crippen LogP) is 0.596. The third-order valence-electron chi connectivity index (χ3n) is 3.92. The van der Waals surface area contributed by atoms with Gasteiger partial charge in [-0.15, -0.1) is 0 Å². The van der Waals surface area contributed by atoms with Crippen LogP contribution in [0.5, 0.6) is 11.5 Å². The van der Waals surface area contributed by atoms with E-state index in [0.29, 0.717) is 30.9 Å². The minimum absolute atomic E-state index is 0.0910. The third kappa shape index (κ3) is 2.64. The van der Waals surface area contributed by atoms with Gasteiger partial charge in [0.25, 0.3) is 0 Å². The Morgan fingerprint density at radius 3 is 2.68 bits per heavy atom. The molecule has 0 aromatic heterocycles. The van der Waals surface area contributed by atoms with Crippen LogP contribution < -0.4 is 14.8 Å². The largest absolute Gasteiger partial charge is 0.486 e. The Bertz CT molecular complexity index is 714. The first kappa shape index (κ1) is 15.1. The molecule has 2 aliphatic heterocycles. The highest BCUT2D eigenvalue weighted by Gasteiger charge is 2.35. The molecule has 0 amide bonds. The van der Waals surface area contributed by atoms with Crippen molar-refractivity contribution in [3.63, 3.8) is 0 Å². The molecular formula is C14H17NO6S. The van der Waals surface area contributed by atoms with Crippen LogP contribution in [0.1, 0.15) is 18.0 Å². The molecule has 2 heterocycles. The molecule has 1 fully saturated rings. The van der Waals surface area contributed by atoms with Gasteiger partial charge in [-0.3, -0.25) is 4.79 Å². The van der Waals surface area contributed by atoms with Crippen LogP contribution in [0.3, 0.4) is 0 Å². The number of carbonyl (C=O) groups is 1. The van der Waals surface area contributed by atoms with Gasteiger partial charge in [0, 0.05) is 18.8 Å². The van der Waals surface area contributed by atoms with Crippen molar-refractivity contribution in [1.29, 1.82) is 0 Å². The lowest BCUT2D eigenvalue weighted by atomic mass is 9.99. The fourth-order valence-corrected chi connectivity index (χ4v) is 4.06. The summed E-state index contributed by atoms with van der Waals surface area (Å²) in [4.78, 5) is 11.2. The minimum atomic E-state index is -3.54. The van der Waals surface area contributed by atoms with Gasteiger partial charge in [0.1, 0.15) is 18.1 Å². The average Bonchev–Trinajstić information content (AvgIpc) is 2.95. The number of aliphatic carboxylic acids is 1. The van der Waals surface area contributed by atoms with Gasteiger partial charge in [0.2, 0.25) is 0 Å². The fourth-order valence-electron chi connectivity index (χ4n) is 2.92. The molecule has 2 aliphatic rings. The molecule has 22 heavy (non-hydrogen) atoms. The number of hydrogen-bond donors (Lipinski definition) is 2. The summed E-state index contributed by atoms with van der Waals surface area (Å²) in [7, 11) is -3.54. The first-order valence-corrected chi connectivity index (χ1v) is 8.86. The Morgan fingerprint density at radius 1 is 1.32 bits per heavy atom. The second-order valence-electron chi connectivity index (χ2n) is 5.51. The van der Waals surface area contributed by atoms with Crippen molar-refractivity contribution in [3.05, 3.63) is 17.7 Å². The maximum absolute atomic E-state index is 12.2. The zero-order chi connectivity index (χ0) is 15.9. The van der Waals surface area contributed by atoms with Gasteiger partial charge < -0.3 is 19.9 Å². The molecular weight excluding hydrogens is 310 g/mol. The van der Waals surface area contributed by atoms with E-state index in [0.717, 1.165) is 6.26 Å². The predicted molar refractivity (Wildman–Crippen MR) is 77.0 cm³/mol. The number of carboxylic acids is 1. The molecule has 0 aliphatic carbocycles. The fraction of sp³-hybridized carbons (Fsp3) is 0.500. The lowest BCUT2D eigenvalue weighted by Gasteiger charge is -2.24. The van der Waals surface area contributed by atoms with E-state index in [1.165, 1.54) is 0 Å². The number of benzene rings is 1. The monoisotopic (exact) mass is 327 g/mol. The van der Waals surface area contributed by atoms with Crippen LogP contribution in [0.4, 0.5) is 0 Å². The molecule has 120 valence electrons. The number of nitrogens with one attached hydrogen (secondary N) is 1. The molecule has 0 bridgehead atoms. The first-order valence-electron chi connectivity index (χ1n) is 6.96. The van der Waals surface area contributed by atoms with Gasteiger partial charge in [-0.2, -0.15) is 0 Å². The highest BCUT2D eigenvalue weighted by Crippen LogP contribution is 2.42. The van der Waals surface area contributed by atoms with Crippen LogP contribution >= 0.6 is 0 Å². The Morgan fingerprint density at radius 2 is 2.05 bits per heavy atom. The average molecular weight is 327 g/mol. The standard InChI is InChI=1S/C14H17NO6S/c1-22(18,19)13-9(10-6-8(7-15-10)14(16)17)2-3-11-12(13)21-5-4-20-11/h2-3,8,10,15H,4-7H2,1H3,(H,16,17). The highest BCUT2D eigenvalue weighted by atomic mass is 32.2. The van der Waals surface area contributed by atoms with Crippen molar-refractivity contribution in [2.75, 3.05) is 26.0 Å². The number of hydrogen-bond acceptors (Lipinski definition) is 6. The summed E-state index contributed by atoms with van der Waals surface area (Å²) in [6.45, 7) is 0.977. The van der Waals surface area contributed by atoms with Crippen molar-refractivity contribution in [2.24, 2.45) is 5.92 Å². The van der Waals surface area contributed by atoms with Gasteiger partial charge in [0.15, 0.2) is 21.3 Å². The number of sulfone groups is 1. The lowest BCUT2D eigenvalue weighted by Crippen LogP contribution is -2.21. The maximum atomic E-state index is 12.2. The van der Waals surface area contributed by atoms with Crippen molar-refractivity contribution in [3.8, 4) is 11.5 Å². The van der Waals surface area contributed by atoms with E-state index in [1.807, 2.05) is 0 Å². The minimum Gasteiger partial charge on any atom is -0.486 e. The van der Waals surface area contributed by atoms with Crippen LogP contribution in [0.25, 0.3) is 0 Å². The second kappa shape index (κ2) is 5.44. The van der Waals surface area contributed by atoms with Crippen LogP contribution in [0, 0.1) is 5.92 Å². The molecule has 1 aromatic carbocycles. The molecule has 1 saturated heterocycles. The quantitative estimate of drug-likeness (QED) is 0.838. The van der Waals surface area contributed by atoms with Crippen molar-refractivity contribution >= 4 is 15.8 Å². The molecule has 7 nitrogen and oxygen atoms in total. The summed E-state index contributed by atoms with van der Waals surface area (Å²) >= 11 is 0. The van der Waals surface area contributed by atoms with Gasteiger partial charge in [-0.1, -0.05) is 6.07 Å². The SMILES string of the molecule is CS(=O)(=O)c1c(C2CC(C(=O)O)CN2)ccc2c1OCCO2. The van der Waals surface area contributed by atoms with Gasteiger partial charge in [-0.05, 0) is 18.1 Å². The smallest absolute Gasteiger partial charge is 0.307 e. The zero-order valence-electron chi connectivity index (χ0n) is 12.0. The number of ether oxygens (including phenoxy) is 2. The van der Waals surface area contributed by atoms with Crippen LogP contribution in [0.2, 0.25) is 0 Å². The maximum Gasteiger partial charge on any atom is 0.307 e. The number of carboxylic acid groups (broad SMARTS) is 1. The summed E-state index contributed by atoms with van der Waals surface area (Å²) in [5.41, 5.74) is 0.538. The molecule has 2 atom stereocenters. The molecule has 1 aromatic rings. The number of rotatable bonds is 3. The molecule has 2 N–H and O–H groups in total. The summed E-state index contributed by atoms with van der Waals surface area (Å²) in [5, 5.41) is 12.2. The molecule has 0 spiro atoms. The highest BCUT2D eigenvalue weighted by molar-refractivity contribution is 7.90. The van der Waals surface area contributed by atoms with Crippen molar-refractivity contribution in [2.45, 2.75) is 17.4 Å². The molecule has 8 heteroatoms. The Balaban J connectivity index is 2.07. The van der Waals surface area contributed by atoms with E-state index in [9.17, 15) is 13.2 Å². The van der Waals surface area contributed by atoms with E-state index in [2.05, 4.69) is 5.32 Å².